The highest BCUT2D eigenvalue weighted by atomic mass is 16.5. The summed E-state index contributed by atoms with van der Waals surface area (Å²) < 4.78 is 11.2. The molecule has 2 N–H and O–H groups in total. The van der Waals surface area contributed by atoms with Gasteiger partial charge in [-0.05, 0) is 42.8 Å². The van der Waals surface area contributed by atoms with Crippen LogP contribution in [0, 0.1) is 17.2 Å². The molecule has 3 aliphatic heterocycles. The number of anilines is 3. The smallest absolute Gasteiger partial charge is 0.230 e. The molecule has 1 unspecified atom stereocenters. The van der Waals surface area contributed by atoms with Gasteiger partial charge in [-0.2, -0.15) is 10.2 Å². The van der Waals surface area contributed by atoms with E-state index in [-0.39, 0.29) is 17.4 Å². The number of benzene rings is 1. The molecule has 3 fully saturated rings. The van der Waals surface area contributed by atoms with Crippen molar-refractivity contribution in [2.24, 2.45) is 5.92 Å². The number of hydrogen-bond donors (Lipinski definition) is 2. The largest absolute Gasteiger partial charge is 0.492 e. The van der Waals surface area contributed by atoms with E-state index in [0.29, 0.717) is 43.1 Å². The molecular weight excluding hydrogens is 508 g/mol. The molecule has 0 radical (unpaired) electrons. The molecule has 1 atom stereocenters. The number of nitrogens with one attached hydrogen (secondary N) is 2. The van der Waals surface area contributed by atoms with Crippen LogP contribution in [0.15, 0.2) is 60.7 Å². The van der Waals surface area contributed by atoms with Gasteiger partial charge in [0.15, 0.2) is 5.82 Å². The van der Waals surface area contributed by atoms with Crippen molar-refractivity contribution in [1.29, 1.82) is 5.26 Å². The van der Waals surface area contributed by atoms with E-state index in [0.717, 1.165) is 51.5 Å². The third-order valence-corrected chi connectivity index (χ3v) is 7.28. The summed E-state index contributed by atoms with van der Waals surface area (Å²) in [5, 5.41) is 15.3. The fourth-order valence-corrected chi connectivity index (χ4v) is 4.83. The fraction of sp³-hybridized carbons (Fsp3) is 0.414. The molecule has 1 aromatic carbocycles. The highest BCUT2D eigenvalue weighted by molar-refractivity contribution is 5.76. The van der Waals surface area contributed by atoms with Crippen LogP contribution < -0.4 is 15.5 Å². The van der Waals surface area contributed by atoms with E-state index < -0.39 is 0 Å². The van der Waals surface area contributed by atoms with Gasteiger partial charge in [0.1, 0.15) is 18.2 Å². The summed E-state index contributed by atoms with van der Waals surface area (Å²) in [5.74, 6) is 1.36. The van der Waals surface area contributed by atoms with Gasteiger partial charge in [-0.1, -0.05) is 12.7 Å². The Balaban J connectivity index is 1.15. The van der Waals surface area contributed by atoms with Crippen LogP contribution in [0.3, 0.4) is 0 Å². The van der Waals surface area contributed by atoms with Crippen LogP contribution in [-0.4, -0.2) is 84.3 Å². The first-order valence-corrected chi connectivity index (χ1v) is 13.6. The molecule has 40 heavy (non-hydrogen) atoms. The average molecular weight is 543 g/mol. The highest BCUT2D eigenvalue weighted by Crippen LogP contribution is 2.23. The van der Waals surface area contributed by atoms with Crippen LogP contribution in [0.2, 0.25) is 0 Å². The lowest BCUT2D eigenvalue weighted by molar-refractivity contribution is -0.124. The van der Waals surface area contributed by atoms with Gasteiger partial charge in [0.05, 0.1) is 31.4 Å². The third-order valence-electron chi connectivity index (χ3n) is 7.28. The Morgan fingerprint density at radius 1 is 1.23 bits per heavy atom. The molecule has 1 amide bonds. The molecule has 3 aliphatic rings. The standard InChI is InChI=1S/C29H34N8O3/c1-21(16-30)26(40-17-22-9-10-31-28(38)15-22)3-2-4-27-32-20-33-29(35-27)34-23-5-7-24(8-6-23)36-11-13-37(14-12-36)25-18-39-19-25/h2-8,20,22,25H,1,9-15,17-19H2,(H,31,38)(H,32,33,34,35)/b4-2+,26-3+. The van der Waals surface area contributed by atoms with Crippen molar-refractivity contribution in [3.8, 4) is 6.07 Å². The Morgan fingerprint density at radius 2 is 2.02 bits per heavy atom. The molecule has 11 nitrogen and oxygen atoms in total. The maximum atomic E-state index is 11.6. The third kappa shape index (κ3) is 7.22. The molecule has 11 heteroatoms. The minimum absolute atomic E-state index is 0.0216. The zero-order valence-corrected chi connectivity index (χ0v) is 22.5. The quantitative estimate of drug-likeness (QED) is 0.263. The Bertz CT molecular complexity index is 1290. The average Bonchev–Trinajstić information content (AvgIpc) is 2.95. The highest BCUT2D eigenvalue weighted by Gasteiger charge is 2.28. The molecular formula is C29H34N8O3. The van der Waals surface area contributed by atoms with Crippen molar-refractivity contribution in [3.05, 3.63) is 66.5 Å². The van der Waals surface area contributed by atoms with Gasteiger partial charge in [0.2, 0.25) is 11.9 Å². The molecule has 0 aliphatic carbocycles. The fourth-order valence-electron chi connectivity index (χ4n) is 4.83. The number of carbonyl (C=O) groups excluding carboxylic acids is 1. The number of rotatable bonds is 10. The monoisotopic (exact) mass is 542 g/mol. The van der Waals surface area contributed by atoms with E-state index in [4.69, 9.17) is 9.47 Å². The number of ether oxygens (including phenoxy) is 2. The summed E-state index contributed by atoms with van der Waals surface area (Å²) >= 11 is 0. The molecule has 3 saturated heterocycles. The van der Waals surface area contributed by atoms with E-state index in [9.17, 15) is 10.1 Å². The molecule has 208 valence electrons. The first-order chi connectivity index (χ1) is 19.6. The molecule has 1 aromatic heterocycles. The van der Waals surface area contributed by atoms with E-state index >= 15 is 0 Å². The minimum Gasteiger partial charge on any atom is -0.492 e. The second-order valence-electron chi connectivity index (χ2n) is 10.1. The molecule has 5 rings (SSSR count). The Hall–Kier alpha value is -4.27. The van der Waals surface area contributed by atoms with Gasteiger partial charge >= 0.3 is 0 Å². The van der Waals surface area contributed by atoms with Gasteiger partial charge in [-0.25, -0.2) is 9.97 Å². The van der Waals surface area contributed by atoms with Crippen LogP contribution in [0.25, 0.3) is 6.08 Å². The number of hydrogen-bond acceptors (Lipinski definition) is 10. The van der Waals surface area contributed by atoms with Crippen LogP contribution in [0.5, 0.6) is 0 Å². The van der Waals surface area contributed by atoms with Crippen molar-refractivity contribution in [2.75, 3.05) is 62.8 Å². The predicted molar refractivity (Wildman–Crippen MR) is 152 cm³/mol. The van der Waals surface area contributed by atoms with E-state index in [1.165, 1.54) is 12.0 Å². The van der Waals surface area contributed by atoms with Gasteiger partial charge in [-0.15, -0.1) is 0 Å². The van der Waals surface area contributed by atoms with E-state index in [2.05, 4.69) is 54.1 Å². The van der Waals surface area contributed by atoms with Crippen LogP contribution in [0.4, 0.5) is 17.3 Å². The molecule has 2 aromatic rings. The summed E-state index contributed by atoms with van der Waals surface area (Å²) in [6, 6.07) is 10.9. The van der Waals surface area contributed by atoms with Crippen LogP contribution in [-0.2, 0) is 14.3 Å². The summed E-state index contributed by atoms with van der Waals surface area (Å²) in [5.41, 5.74) is 2.29. The number of aromatic nitrogens is 3. The van der Waals surface area contributed by atoms with Crippen molar-refractivity contribution >= 4 is 29.3 Å². The Labute approximate surface area is 234 Å². The molecule has 4 heterocycles. The lowest BCUT2D eigenvalue weighted by Crippen LogP contribution is -2.56. The van der Waals surface area contributed by atoms with Gasteiger partial charge in [0, 0.05) is 56.4 Å². The number of amides is 1. The number of piperazine rings is 1. The molecule has 0 bridgehead atoms. The number of piperidine rings is 1. The lowest BCUT2D eigenvalue weighted by atomic mass is 9.99. The molecule has 0 spiro atoms. The van der Waals surface area contributed by atoms with E-state index in [1.807, 2.05) is 18.2 Å². The summed E-state index contributed by atoms with van der Waals surface area (Å²) in [6.07, 6.45) is 7.76. The molecule has 0 saturated carbocycles. The SMILES string of the molecule is C=C(C#N)/C(=C\C=C\c1ncnc(Nc2ccc(N3CCN(C4COC4)CC3)cc2)n1)OCC1CCNC(=O)C1. The number of nitrogens with zero attached hydrogens (tertiary/aromatic N) is 6. The van der Waals surface area contributed by atoms with Crippen LogP contribution in [0.1, 0.15) is 18.7 Å². The lowest BCUT2D eigenvalue weighted by Gasteiger charge is -2.43. The first kappa shape index (κ1) is 27.3. The predicted octanol–water partition coefficient (Wildman–Crippen LogP) is 2.66. The second-order valence-corrected chi connectivity index (χ2v) is 10.1. The van der Waals surface area contributed by atoms with Crippen molar-refractivity contribution in [2.45, 2.75) is 18.9 Å². The summed E-state index contributed by atoms with van der Waals surface area (Å²) in [7, 11) is 0. The Kier molecular flexibility index (Phi) is 9.00. The zero-order chi connectivity index (χ0) is 27.7. The van der Waals surface area contributed by atoms with Gasteiger partial charge < -0.3 is 25.0 Å². The normalized spacial score (nSPS) is 20.5. The summed E-state index contributed by atoms with van der Waals surface area (Å²) in [4.78, 5) is 29.4. The van der Waals surface area contributed by atoms with Gasteiger partial charge in [-0.3, -0.25) is 9.69 Å². The maximum absolute atomic E-state index is 11.6. The van der Waals surface area contributed by atoms with Crippen molar-refractivity contribution in [1.82, 2.24) is 25.2 Å². The van der Waals surface area contributed by atoms with Crippen molar-refractivity contribution < 1.29 is 14.3 Å². The van der Waals surface area contributed by atoms with Crippen LogP contribution >= 0.6 is 0 Å². The maximum Gasteiger partial charge on any atom is 0.230 e. The Morgan fingerprint density at radius 3 is 2.73 bits per heavy atom. The second kappa shape index (κ2) is 13.2. The van der Waals surface area contributed by atoms with E-state index in [1.54, 1.807) is 18.2 Å². The van der Waals surface area contributed by atoms with Gasteiger partial charge in [0.25, 0.3) is 0 Å². The number of carbonyl (C=O) groups is 1. The minimum atomic E-state index is 0.0216. The van der Waals surface area contributed by atoms with Crippen molar-refractivity contribution in [3.63, 3.8) is 0 Å². The zero-order valence-electron chi connectivity index (χ0n) is 22.5. The topological polar surface area (TPSA) is 129 Å². The number of allylic oxidation sites excluding steroid dienone is 3. The first-order valence-electron chi connectivity index (χ1n) is 13.6. The number of nitriles is 1. The summed E-state index contributed by atoms with van der Waals surface area (Å²) in [6.45, 7) is 10.6.